The van der Waals surface area contributed by atoms with E-state index < -0.39 is 0 Å². The van der Waals surface area contributed by atoms with Crippen molar-refractivity contribution < 1.29 is 14.1 Å². The van der Waals surface area contributed by atoms with Crippen molar-refractivity contribution in [3.05, 3.63) is 66.1 Å². The van der Waals surface area contributed by atoms with Gasteiger partial charge in [0.15, 0.2) is 0 Å². The van der Waals surface area contributed by atoms with E-state index in [0.29, 0.717) is 24.8 Å². The fourth-order valence-electron chi connectivity index (χ4n) is 3.60. The first-order chi connectivity index (χ1) is 14.0. The number of hydrogen-bond donors (Lipinski definition) is 0. The van der Waals surface area contributed by atoms with Crippen LogP contribution in [0.4, 0.5) is 5.69 Å². The zero-order chi connectivity index (χ0) is 20.4. The molecule has 1 saturated heterocycles. The molecule has 2 amide bonds. The molecule has 29 heavy (non-hydrogen) atoms. The van der Waals surface area contributed by atoms with E-state index in [0.717, 1.165) is 16.8 Å². The summed E-state index contributed by atoms with van der Waals surface area (Å²) in [6.07, 6.45) is 0.212. The van der Waals surface area contributed by atoms with Gasteiger partial charge >= 0.3 is 0 Å². The van der Waals surface area contributed by atoms with Gasteiger partial charge in [-0.25, -0.2) is 0 Å². The molecule has 3 aromatic rings. The van der Waals surface area contributed by atoms with Crippen molar-refractivity contribution in [3.63, 3.8) is 0 Å². The average molecular weight is 390 g/mol. The zero-order valence-corrected chi connectivity index (χ0v) is 16.4. The number of aromatic nitrogens is 2. The summed E-state index contributed by atoms with van der Waals surface area (Å²) >= 11 is 0. The van der Waals surface area contributed by atoms with Crippen LogP contribution in [0.2, 0.25) is 0 Å². The minimum atomic E-state index is -0.354. The van der Waals surface area contributed by atoms with E-state index >= 15 is 0 Å². The summed E-state index contributed by atoms with van der Waals surface area (Å²) in [4.78, 5) is 33.1. The quantitative estimate of drug-likeness (QED) is 0.669. The average Bonchev–Trinajstić information content (AvgIpc) is 3.34. The SMILES string of the molecule is Cc1nc(-c2cccc(N3C[C@@H](C(=O)N(C)Cc4ccccc4)CC3=O)c2)no1. The highest BCUT2D eigenvalue weighted by molar-refractivity contribution is 6.00. The van der Waals surface area contributed by atoms with Gasteiger partial charge in [-0.05, 0) is 17.7 Å². The lowest BCUT2D eigenvalue weighted by Gasteiger charge is -2.21. The van der Waals surface area contributed by atoms with E-state index in [4.69, 9.17) is 4.52 Å². The number of nitrogens with zero attached hydrogens (tertiary/aromatic N) is 4. The van der Waals surface area contributed by atoms with Gasteiger partial charge in [-0.1, -0.05) is 47.6 Å². The van der Waals surface area contributed by atoms with Gasteiger partial charge in [-0.15, -0.1) is 0 Å². The molecule has 2 heterocycles. The van der Waals surface area contributed by atoms with Gasteiger partial charge in [0.25, 0.3) is 0 Å². The molecule has 0 bridgehead atoms. The summed E-state index contributed by atoms with van der Waals surface area (Å²) in [5, 5.41) is 3.93. The second-order valence-corrected chi connectivity index (χ2v) is 7.27. The van der Waals surface area contributed by atoms with Crippen molar-refractivity contribution in [2.75, 3.05) is 18.5 Å². The predicted molar refractivity (Wildman–Crippen MR) is 108 cm³/mol. The predicted octanol–water partition coefficient (Wildman–Crippen LogP) is 3.06. The Balaban J connectivity index is 1.47. The molecule has 0 radical (unpaired) electrons. The zero-order valence-electron chi connectivity index (χ0n) is 16.4. The van der Waals surface area contributed by atoms with Gasteiger partial charge in [0, 0.05) is 44.7 Å². The third-order valence-corrected chi connectivity index (χ3v) is 5.06. The topological polar surface area (TPSA) is 79.5 Å². The van der Waals surface area contributed by atoms with Gasteiger partial charge in [0.1, 0.15) is 0 Å². The molecule has 1 atom stereocenters. The van der Waals surface area contributed by atoms with Gasteiger partial charge < -0.3 is 14.3 Å². The van der Waals surface area contributed by atoms with Crippen LogP contribution in [0.25, 0.3) is 11.4 Å². The van der Waals surface area contributed by atoms with E-state index in [1.165, 1.54) is 0 Å². The number of anilines is 1. The van der Waals surface area contributed by atoms with Crippen LogP contribution in [0.5, 0.6) is 0 Å². The summed E-state index contributed by atoms with van der Waals surface area (Å²) in [5.74, 6) is 0.529. The standard InChI is InChI=1S/C22H22N4O3/c1-15-23-21(24-29-15)17-9-6-10-19(11-17)26-14-18(12-20(26)27)22(28)25(2)13-16-7-4-3-5-8-16/h3-11,18H,12-14H2,1-2H3/t18-/m0/s1. The van der Waals surface area contributed by atoms with Gasteiger partial charge in [0.2, 0.25) is 23.5 Å². The summed E-state index contributed by atoms with van der Waals surface area (Å²) in [6, 6.07) is 17.2. The number of carbonyl (C=O) groups is 2. The van der Waals surface area contributed by atoms with Gasteiger partial charge in [0.05, 0.1) is 5.92 Å². The summed E-state index contributed by atoms with van der Waals surface area (Å²) in [6.45, 7) is 2.62. The molecule has 1 fully saturated rings. The van der Waals surface area contributed by atoms with Crippen LogP contribution in [0, 0.1) is 12.8 Å². The number of amides is 2. The molecular weight excluding hydrogens is 368 g/mol. The van der Waals surface area contributed by atoms with Crippen LogP contribution in [-0.4, -0.2) is 40.4 Å². The van der Waals surface area contributed by atoms with E-state index in [2.05, 4.69) is 10.1 Å². The molecule has 7 heteroatoms. The lowest BCUT2D eigenvalue weighted by molar-refractivity contribution is -0.135. The van der Waals surface area contributed by atoms with Gasteiger partial charge in [-0.2, -0.15) is 4.98 Å². The molecule has 0 unspecified atom stereocenters. The van der Waals surface area contributed by atoms with Crippen LogP contribution in [-0.2, 0) is 16.1 Å². The smallest absolute Gasteiger partial charge is 0.228 e. The molecule has 2 aromatic carbocycles. The molecule has 0 spiro atoms. The van der Waals surface area contributed by atoms with E-state index in [1.54, 1.807) is 23.8 Å². The maximum Gasteiger partial charge on any atom is 0.228 e. The van der Waals surface area contributed by atoms with E-state index in [9.17, 15) is 9.59 Å². The molecule has 1 aliphatic heterocycles. The van der Waals surface area contributed by atoms with Crippen LogP contribution < -0.4 is 4.90 Å². The van der Waals surface area contributed by atoms with Crippen molar-refractivity contribution in [1.29, 1.82) is 0 Å². The highest BCUT2D eigenvalue weighted by Crippen LogP contribution is 2.29. The van der Waals surface area contributed by atoms with Crippen LogP contribution >= 0.6 is 0 Å². The molecule has 1 aliphatic rings. The molecule has 1 aromatic heterocycles. The Kier molecular flexibility index (Phi) is 5.12. The number of hydrogen-bond acceptors (Lipinski definition) is 5. The molecule has 7 nitrogen and oxygen atoms in total. The molecule has 0 N–H and O–H groups in total. The first-order valence-electron chi connectivity index (χ1n) is 9.51. The van der Waals surface area contributed by atoms with Crippen molar-refractivity contribution in [2.45, 2.75) is 19.9 Å². The number of aryl methyl sites for hydroxylation is 1. The Morgan fingerprint density at radius 2 is 2.00 bits per heavy atom. The maximum absolute atomic E-state index is 12.9. The maximum atomic E-state index is 12.9. The second-order valence-electron chi connectivity index (χ2n) is 7.27. The monoisotopic (exact) mass is 390 g/mol. The fourth-order valence-corrected chi connectivity index (χ4v) is 3.60. The van der Waals surface area contributed by atoms with Crippen molar-refractivity contribution in [2.24, 2.45) is 5.92 Å². The highest BCUT2D eigenvalue weighted by Gasteiger charge is 2.36. The molecule has 0 saturated carbocycles. The summed E-state index contributed by atoms with van der Waals surface area (Å²) in [5.41, 5.74) is 2.56. The largest absolute Gasteiger partial charge is 0.341 e. The number of benzene rings is 2. The van der Waals surface area contributed by atoms with Crippen LogP contribution in [0.15, 0.2) is 59.1 Å². The highest BCUT2D eigenvalue weighted by atomic mass is 16.5. The summed E-state index contributed by atoms with van der Waals surface area (Å²) in [7, 11) is 1.78. The first-order valence-corrected chi connectivity index (χ1v) is 9.51. The molecule has 0 aliphatic carbocycles. The molecule has 4 rings (SSSR count). The summed E-state index contributed by atoms with van der Waals surface area (Å²) < 4.78 is 5.04. The Labute approximate surface area is 168 Å². The second kappa shape index (κ2) is 7.87. The van der Waals surface area contributed by atoms with Crippen molar-refractivity contribution >= 4 is 17.5 Å². The molecular formula is C22H22N4O3. The minimum Gasteiger partial charge on any atom is -0.341 e. The third-order valence-electron chi connectivity index (χ3n) is 5.06. The number of carbonyl (C=O) groups excluding carboxylic acids is 2. The van der Waals surface area contributed by atoms with E-state index in [-0.39, 0.29) is 24.2 Å². The Morgan fingerprint density at radius 3 is 2.72 bits per heavy atom. The van der Waals surface area contributed by atoms with Gasteiger partial charge in [-0.3, -0.25) is 9.59 Å². The van der Waals surface area contributed by atoms with Crippen molar-refractivity contribution in [1.82, 2.24) is 15.0 Å². The lowest BCUT2D eigenvalue weighted by atomic mass is 10.1. The first kappa shape index (κ1) is 18.9. The van der Waals surface area contributed by atoms with Crippen LogP contribution in [0.3, 0.4) is 0 Å². The third kappa shape index (κ3) is 4.03. The Morgan fingerprint density at radius 1 is 1.21 bits per heavy atom. The minimum absolute atomic E-state index is 0.0188. The fraction of sp³-hybridized carbons (Fsp3) is 0.273. The Hall–Kier alpha value is -3.48. The van der Waals surface area contributed by atoms with Crippen LogP contribution in [0.1, 0.15) is 17.9 Å². The van der Waals surface area contributed by atoms with Crippen molar-refractivity contribution in [3.8, 4) is 11.4 Å². The molecule has 148 valence electrons. The van der Waals surface area contributed by atoms with E-state index in [1.807, 2.05) is 54.6 Å². The lowest BCUT2D eigenvalue weighted by Crippen LogP contribution is -2.34. The Bertz CT molecular complexity index is 1030. The normalized spacial score (nSPS) is 16.3. The number of rotatable bonds is 5.